The number of thiazole rings is 1. The molecule has 0 spiro atoms. The number of hydrogen-bond acceptors (Lipinski definition) is 5. The molecule has 0 fully saturated rings. The number of anilines is 1. The summed E-state index contributed by atoms with van der Waals surface area (Å²) in [5, 5.41) is 5.29. The number of benzene rings is 1. The molecule has 0 saturated heterocycles. The quantitative estimate of drug-likeness (QED) is 0.699. The minimum atomic E-state index is -0.251. The molecule has 0 aliphatic heterocycles. The van der Waals surface area contributed by atoms with Gasteiger partial charge in [0.05, 0.1) is 11.8 Å². The van der Waals surface area contributed by atoms with E-state index in [0.717, 1.165) is 28.3 Å². The van der Waals surface area contributed by atoms with E-state index < -0.39 is 0 Å². The Morgan fingerprint density at radius 2 is 1.85 bits per heavy atom. The summed E-state index contributed by atoms with van der Waals surface area (Å²) in [7, 11) is 0. The van der Waals surface area contributed by atoms with Crippen LogP contribution < -0.4 is 10.1 Å². The van der Waals surface area contributed by atoms with E-state index in [1.165, 1.54) is 11.3 Å². The van der Waals surface area contributed by atoms with Crippen LogP contribution in [0.15, 0.2) is 41.8 Å². The fourth-order valence-corrected chi connectivity index (χ4v) is 3.27. The lowest BCUT2D eigenvalue weighted by Gasteiger charge is -2.09. The van der Waals surface area contributed by atoms with E-state index in [1.807, 2.05) is 63.4 Å². The van der Waals surface area contributed by atoms with Crippen molar-refractivity contribution in [3.8, 4) is 17.0 Å². The van der Waals surface area contributed by atoms with E-state index in [9.17, 15) is 4.79 Å². The molecule has 0 bridgehead atoms. The van der Waals surface area contributed by atoms with Gasteiger partial charge in [-0.2, -0.15) is 0 Å². The van der Waals surface area contributed by atoms with Crippen molar-refractivity contribution in [2.45, 2.75) is 33.8 Å². The number of nitrogens with zero attached hydrogens (tertiary/aromatic N) is 2. The molecule has 0 radical (unpaired) electrons. The van der Waals surface area contributed by atoms with Crippen molar-refractivity contribution in [2.75, 3.05) is 5.32 Å². The van der Waals surface area contributed by atoms with Crippen LogP contribution in [0, 0.1) is 13.8 Å². The monoisotopic (exact) mass is 367 g/mol. The maximum Gasteiger partial charge on any atom is 0.276 e. The number of hydrogen-bond donors (Lipinski definition) is 1. The van der Waals surface area contributed by atoms with Crippen LogP contribution in [0.1, 0.15) is 35.6 Å². The molecule has 0 aliphatic carbocycles. The van der Waals surface area contributed by atoms with Crippen molar-refractivity contribution >= 4 is 22.4 Å². The molecule has 2 aromatic heterocycles. The summed E-state index contributed by atoms with van der Waals surface area (Å²) in [5.74, 6) is 0.576. The van der Waals surface area contributed by atoms with Gasteiger partial charge in [0, 0.05) is 16.6 Å². The van der Waals surface area contributed by atoms with Crippen molar-refractivity contribution in [3.63, 3.8) is 0 Å². The Labute approximate surface area is 157 Å². The molecule has 1 aromatic carbocycles. The van der Waals surface area contributed by atoms with Gasteiger partial charge in [0.15, 0.2) is 5.13 Å². The number of amides is 1. The van der Waals surface area contributed by atoms with Gasteiger partial charge in [0.25, 0.3) is 5.91 Å². The summed E-state index contributed by atoms with van der Waals surface area (Å²) in [6.07, 6.45) is 0.140. The van der Waals surface area contributed by atoms with Crippen molar-refractivity contribution in [1.29, 1.82) is 0 Å². The molecule has 134 valence electrons. The topological polar surface area (TPSA) is 64.1 Å². The zero-order valence-electron chi connectivity index (χ0n) is 15.2. The van der Waals surface area contributed by atoms with Crippen molar-refractivity contribution < 1.29 is 9.53 Å². The number of carbonyl (C=O) groups is 1. The lowest BCUT2D eigenvalue weighted by molar-refractivity contribution is 0.102. The van der Waals surface area contributed by atoms with Gasteiger partial charge >= 0.3 is 0 Å². The highest BCUT2D eigenvalue weighted by molar-refractivity contribution is 7.14. The average Bonchev–Trinajstić information content (AvgIpc) is 3.02. The molecule has 1 N–H and O–H groups in total. The summed E-state index contributed by atoms with van der Waals surface area (Å²) < 4.78 is 5.65. The Kier molecular flexibility index (Phi) is 5.32. The third-order valence-corrected chi connectivity index (χ3v) is 4.33. The van der Waals surface area contributed by atoms with Crippen LogP contribution in [0.2, 0.25) is 0 Å². The minimum absolute atomic E-state index is 0.140. The number of rotatable bonds is 5. The van der Waals surface area contributed by atoms with Crippen LogP contribution >= 0.6 is 11.3 Å². The lowest BCUT2D eigenvalue weighted by atomic mass is 10.2. The second-order valence-electron chi connectivity index (χ2n) is 6.35. The molecule has 0 aliphatic rings. The molecule has 2 heterocycles. The van der Waals surface area contributed by atoms with Crippen molar-refractivity contribution in [3.05, 3.63) is 58.7 Å². The third kappa shape index (κ3) is 4.46. The number of aryl methyl sites for hydroxylation is 2. The molecule has 3 rings (SSSR count). The Morgan fingerprint density at radius 3 is 2.50 bits per heavy atom. The van der Waals surface area contributed by atoms with Gasteiger partial charge in [-0.15, -0.1) is 11.3 Å². The molecule has 0 atom stereocenters. The molecular formula is C20H21N3O2S. The number of ether oxygens (including phenoxy) is 1. The summed E-state index contributed by atoms with van der Waals surface area (Å²) in [5.41, 5.74) is 4.01. The second kappa shape index (κ2) is 7.66. The van der Waals surface area contributed by atoms with E-state index in [2.05, 4.69) is 15.3 Å². The standard InChI is InChI=1S/C20H21N3O2S/c1-12(2)25-16-7-5-15(6-8-16)18-11-26-20(22-18)23-19(24)17-10-13(3)9-14(4)21-17/h5-12H,1-4H3,(H,22,23,24). The summed E-state index contributed by atoms with van der Waals surface area (Å²) in [6, 6.07) is 11.5. The number of carbonyl (C=O) groups excluding carboxylic acids is 1. The predicted octanol–water partition coefficient (Wildman–Crippen LogP) is 4.86. The first-order valence-corrected chi connectivity index (χ1v) is 9.28. The van der Waals surface area contributed by atoms with Gasteiger partial charge in [0.2, 0.25) is 0 Å². The lowest BCUT2D eigenvalue weighted by Crippen LogP contribution is -2.14. The number of aromatic nitrogens is 2. The highest BCUT2D eigenvalue weighted by Gasteiger charge is 2.12. The van der Waals surface area contributed by atoms with E-state index in [-0.39, 0.29) is 12.0 Å². The first-order valence-electron chi connectivity index (χ1n) is 8.40. The highest BCUT2D eigenvalue weighted by Crippen LogP contribution is 2.27. The highest BCUT2D eigenvalue weighted by atomic mass is 32.1. The van der Waals surface area contributed by atoms with E-state index in [4.69, 9.17) is 4.74 Å². The Balaban J connectivity index is 1.72. The normalized spacial score (nSPS) is 10.8. The minimum Gasteiger partial charge on any atom is -0.491 e. The summed E-state index contributed by atoms with van der Waals surface area (Å²) >= 11 is 1.39. The number of pyridine rings is 1. The zero-order chi connectivity index (χ0) is 18.7. The Hall–Kier alpha value is -2.73. The van der Waals surface area contributed by atoms with E-state index in [1.54, 1.807) is 6.07 Å². The molecule has 5 nitrogen and oxygen atoms in total. The van der Waals surface area contributed by atoms with Crippen LogP contribution in [0.3, 0.4) is 0 Å². The molecule has 0 saturated carbocycles. The maximum atomic E-state index is 12.4. The second-order valence-corrected chi connectivity index (χ2v) is 7.21. The maximum absolute atomic E-state index is 12.4. The third-order valence-electron chi connectivity index (χ3n) is 3.58. The van der Waals surface area contributed by atoms with Gasteiger partial charge in [-0.3, -0.25) is 10.1 Å². The van der Waals surface area contributed by atoms with Crippen LogP contribution in [0.25, 0.3) is 11.3 Å². The molecule has 0 unspecified atom stereocenters. The average molecular weight is 367 g/mol. The SMILES string of the molecule is Cc1cc(C)nc(C(=O)Nc2nc(-c3ccc(OC(C)C)cc3)cs2)c1. The molecule has 3 aromatic rings. The summed E-state index contributed by atoms with van der Waals surface area (Å²) in [6.45, 7) is 7.80. The fourth-order valence-electron chi connectivity index (χ4n) is 2.56. The van der Waals surface area contributed by atoms with Crippen molar-refractivity contribution in [2.24, 2.45) is 0 Å². The van der Waals surface area contributed by atoms with Gasteiger partial charge in [0.1, 0.15) is 11.4 Å². The Bertz CT molecular complexity index is 897. The first-order chi connectivity index (χ1) is 12.4. The molecule has 1 amide bonds. The van der Waals surface area contributed by atoms with Gasteiger partial charge in [-0.25, -0.2) is 9.97 Å². The first kappa shape index (κ1) is 18.1. The van der Waals surface area contributed by atoms with Crippen LogP contribution in [-0.4, -0.2) is 22.0 Å². The van der Waals surface area contributed by atoms with Gasteiger partial charge < -0.3 is 4.74 Å². The molecule has 26 heavy (non-hydrogen) atoms. The van der Waals surface area contributed by atoms with Crippen molar-refractivity contribution in [1.82, 2.24) is 9.97 Å². The largest absolute Gasteiger partial charge is 0.491 e. The van der Waals surface area contributed by atoms with Gasteiger partial charge in [-0.05, 0) is 69.7 Å². The van der Waals surface area contributed by atoms with Gasteiger partial charge in [-0.1, -0.05) is 0 Å². The zero-order valence-corrected chi connectivity index (χ0v) is 16.1. The van der Waals surface area contributed by atoms with Crippen LogP contribution in [-0.2, 0) is 0 Å². The van der Waals surface area contributed by atoms with Crippen LogP contribution in [0.4, 0.5) is 5.13 Å². The predicted molar refractivity (Wildman–Crippen MR) is 105 cm³/mol. The van der Waals surface area contributed by atoms with Crippen LogP contribution in [0.5, 0.6) is 5.75 Å². The fraction of sp³-hybridized carbons (Fsp3) is 0.250. The smallest absolute Gasteiger partial charge is 0.276 e. The molecule has 6 heteroatoms. The van der Waals surface area contributed by atoms with E-state index in [0.29, 0.717) is 10.8 Å². The molecular weight excluding hydrogens is 346 g/mol. The summed E-state index contributed by atoms with van der Waals surface area (Å²) in [4.78, 5) is 21.2. The number of nitrogens with one attached hydrogen (secondary N) is 1. The Morgan fingerprint density at radius 1 is 1.12 bits per heavy atom. The van der Waals surface area contributed by atoms with E-state index >= 15 is 0 Å².